The topological polar surface area (TPSA) is 20.3 Å². The maximum Gasteiger partial charge on any atom is 0.142 e. The lowest BCUT2D eigenvalue weighted by Gasteiger charge is -2.20. The highest BCUT2D eigenvalue weighted by Gasteiger charge is 1.99. The molecule has 1 aromatic carbocycles. The molecule has 0 bridgehead atoms. The predicted molar refractivity (Wildman–Crippen MR) is 65.1 cm³/mol. The Morgan fingerprint density at radius 2 is 1.73 bits per heavy atom. The van der Waals surface area contributed by atoms with Crippen LogP contribution in [0.1, 0.15) is 19.4 Å². The minimum absolute atomic E-state index is 0.790. The third kappa shape index (κ3) is 3.24. The number of carbonyl (C=O) groups is 1. The summed E-state index contributed by atoms with van der Waals surface area (Å²) in [5.74, 6) is 0. The maximum absolute atomic E-state index is 10.2. The third-order valence-electron chi connectivity index (χ3n) is 2.39. The van der Waals surface area contributed by atoms with Crippen molar-refractivity contribution in [2.45, 2.75) is 13.8 Å². The van der Waals surface area contributed by atoms with Gasteiger partial charge in [-0.25, -0.2) is 0 Å². The molecule has 0 unspecified atom stereocenters. The molecule has 0 atom stereocenters. The highest BCUT2D eigenvalue weighted by atomic mass is 16.1. The second-order valence-corrected chi connectivity index (χ2v) is 3.26. The molecule has 0 aliphatic rings. The van der Waals surface area contributed by atoms with Gasteiger partial charge in [0.2, 0.25) is 0 Å². The summed E-state index contributed by atoms with van der Waals surface area (Å²) in [6.45, 7) is 6.31. The molecule has 0 N–H and O–H groups in total. The fraction of sp³-hybridized carbons (Fsp3) is 0.308. The fourth-order valence-electron chi connectivity index (χ4n) is 1.54. The summed E-state index contributed by atoms with van der Waals surface area (Å²) in [4.78, 5) is 12.4. The first-order valence-corrected chi connectivity index (χ1v) is 5.28. The van der Waals surface area contributed by atoms with E-state index < -0.39 is 0 Å². The third-order valence-corrected chi connectivity index (χ3v) is 2.39. The highest BCUT2D eigenvalue weighted by Crippen LogP contribution is 2.15. The zero-order valence-electron chi connectivity index (χ0n) is 9.31. The Bertz CT molecular complexity index is 323. The lowest BCUT2D eigenvalue weighted by Crippen LogP contribution is -2.21. The van der Waals surface area contributed by atoms with E-state index in [0.29, 0.717) is 0 Å². The normalized spacial score (nSPS) is 10.5. The molecule has 0 heterocycles. The van der Waals surface area contributed by atoms with Crippen LogP contribution in [0.5, 0.6) is 0 Å². The van der Waals surface area contributed by atoms with Gasteiger partial charge >= 0.3 is 0 Å². The molecule has 0 saturated heterocycles. The standard InChI is InChI=1S/C13H17NO/c1-3-14(4-2)13-9-7-12(8-10-13)6-5-11-15/h5-11H,3-4H2,1-2H3. The van der Waals surface area contributed by atoms with Crippen molar-refractivity contribution in [3.05, 3.63) is 35.9 Å². The molecular weight excluding hydrogens is 186 g/mol. The van der Waals surface area contributed by atoms with E-state index in [1.165, 1.54) is 11.8 Å². The van der Waals surface area contributed by atoms with Crippen LogP contribution in [0, 0.1) is 0 Å². The molecule has 1 rings (SSSR count). The number of benzene rings is 1. The van der Waals surface area contributed by atoms with Gasteiger partial charge in [-0.05, 0) is 37.6 Å². The van der Waals surface area contributed by atoms with E-state index in [1.54, 1.807) is 6.08 Å². The molecule has 0 spiro atoms. The first kappa shape index (κ1) is 11.5. The van der Waals surface area contributed by atoms with Gasteiger partial charge in [-0.15, -0.1) is 0 Å². The number of rotatable bonds is 5. The highest BCUT2D eigenvalue weighted by molar-refractivity contribution is 5.74. The van der Waals surface area contributed by atoms with E-state index in [9.17, 15) is 4.79 Å². The van der Waals surface area contributed by atoms with Crippen molar-refractivity contribution < 1.29 is 4.79 Å². The lowest BCUT2D eigenvalue weighted by molar-refractivity contribution is -0.104. The van der Waals surface area contributed by atoms with Gasteiger partial charge in [-0.1, -0.05) is 18.2 Å². The first-order chi connectivity index (χ1) is 7.31. The van der Waals surface area contributed by atoms with Crippen molar-refractivity contribution in [1.29, 1.82) is 0 Å². The Morgan fingerprint density at radius 1 is 1.13 bits per heavy atom. The Balaban J connectivity index is 2.79. The molecular formula is C13H17NO. The minimum atomic E-state index is 0.790. The van der Waals surface area contributed by atoms with Crippen molar-refractivity contribution in [2.75, 3.05) is 18.0 Å². The molecule has 0 aliphatic carbocycles. The number of anilines is 1. The van der Waals surface area contributed by atoms with Gasteiger partial charge < -0.3 is 4.90 Å². The van der Waals surface area contributed by atoms with Crippen LogP contribution in [-0.4, -0.2) is 19.4 Å². The number of hydrogen-bond acceptors (Lipinski definition) is 2. The van der Waals surface area contributed by atoms with E-state index in [-0.39, 0.29) is 0 Å². The molecule has 80 valence electrons. The monoisotopic (exact) mass is 203 g/mol. The van der Waals surface area contributed by atoms with Crippen molar-refractivity contribution in [2.24, 2.45) is 0 Å². The van der Waals surface area contributed by atoms with Gasteiger partial charge in [0, 0.05) is 18.8 Å². The summed E-state index contributed by atoms with van der Waals surface area (Å²) in [6, 6.07) is 8.20. The number of allylic oxidation sites excluding steroid dienone is 1. The molecule has 0 aromatic heterocycles. The van der Waals surface area contributed by atoms with Crippen LogP contribution in [-0.2, 0) is 4.79 Å². The van der Waals surface area contributed by atoms with Crippen LogP contribution in [0.15, 0.2) is 30.3 Å². The van der Waals surface area contributed by atoms with Crippen LogP contribution >= 0.6 is 0 Å². The number of carbonyl (C=O) groups excluding carboxylic acids is 1. The van der Waals surface area contributed by atoms with Crippen LogP contribution < -0.4 is 4.90 Å². The smallest absolute Gasteiger partial charge is 0.142 e. The SMILES string of the molecule is CCN(CC)c1ccc(C=CC=O)cc1. The predicted octanol–water partition coefficient (Wildman–Crippen LogP) is 2.74. The summed E-state index contributed by atoms with van der Waals surface area (Å²) in [7, 11) is 0. The summed E-state index contributed by atoms with van der Waals surface area (Å²) in [5, 5.41) is 0. The first-order valence-electron chi connectivity index (χ1n) is 5.28. The van der Waals surface area contributed by atoms with E-state index in [0.717, 1.165) is 24.9 Å². The minimum Gasteiger partial charge on any atom is -0.372 e. The second-order valence-electron chi connectivity index (χ2n) is 3.26. The average Bonchev–Trinajstić information content (AvgIpc) is 2.29. The Kier molecular flexibility index (Phi) is 4.61. The Labute approximate surface area is 91.2 Å². The van der Waals surface area contributed by atoms with E-state index >= 15 is 0 Å². The second kappa shape index (κ2) is 6.02. The molecule has 15 heavy (non-hydrogen) atoms. The van der Waals surface area contributed by atoms with Gasteiger partial charge in [0.25, 0.3) is 0 Å². The van der Waals surface area contributed by atoms with Gasteiger partial charge in [-0.2, -0.15) is 0 Å². The number of hydrogen-bond donors (Lipinski definition) is 0. The summed E-state index contributed by atoms with van der Waals surface area (Å²) >= 11 is 0. The lowest BCUT2D eigenvalue weighted by atomic mass is 10.2. The molecule has 0 amide bonds. The van der Waals surface area contributed by atoms with E-state index in [1.807, 2.05) is 12.1 Å². The number of aldehydes is 1. The molecule has 0 aliphatic heterocycles. The van der Waals surface area contributed by atoms with Crippen LogP contribution in [0.25, 0.3) is 6.08 Å². The van der Waals surface area contributed by atoms with Crippen molar-refractivity contribution in [3.8, 4) is 0 Å². The molecule has 0 fully saturated rings. The van der Waals surface area contributed by atoms with E-state index in [4.69, 9.17) is 0 Å². The summed E-state index contributed by atoms with van der Waals surface area (Å²) in [5.41, 5.74) is 2.28. The fourth-order valence-corrected chi connectivity index (χ4v) is 1.54. The quantitative estimate of drug-likeness (QED) is 0.541. The maximum atomic E-state index is 10.2. The average molecular weight is 203 g/mol. The molecule has 0 radical (unpaired) electrons. The van der Waals surface area contributed by atoms with Crippen molar-refractivity contribution >= 4 is 18.0 Å². The summed E-state index contributed by atoms with van der Waals surface area (Å²) < 4.78 is 0. The van der Waals surface area contributed by atoms with Gasteiger partial charge in [-0.3, -0.25) is 4.79 Å². The van der Waals surface area contributed by atoms with Crippen molar-refractivity contribution in [3.63, 3.8) is 0 Å². The van der Waals surface area contributed by atoms with E-state index in [2.05, 4.69) is 30.9 Å². The molecule has 2 heteroatoms. The largest absolute Gasteiger partial charge is 0.372 e. The van der Waals surface area contributed by atoms with Gasteiger partial charge in [0.05, 0.1) is 0 Å². The van der Waals surface area contributed by atoms with Gasteiger partial charge in [0.15, 0.2) is 0 Å². The zero-order chi connectivity index (χ0) is 11.1. The van der Waals surface area contributed by atoms with Crippen LogP contribution in [0.3, 0.4) is 0 Å². The van der Waals surface area contributed by atoms with Crippen molar-refractivity contribution in [1.82, 2.24) is 0 Å². The Hall–Kier alpha value is -1.57. The van der Waals surface area contributed by atoms with Crippen LogP contribution in [0.2, 0.25) is 0 Å². The number of nitrogens with zero attached hydrogens (tertiary/aromatic N) is 1. The molecule has 1 aromatic rings. The zero-order valence-corrected chi connectivity index (χ0v) is 9.31. The Morgan fingerprint density at radius 3 is 2.20 bits per heavy atom. The molecule has 0 saturated carbocycles. The molecule has 2 nitrogen and oxygen atoms in total. The van der Waals surface area contributed by atoms with Gasteiger partial charge in [0.1, 0.15) is 6.29 Å². The summed E-state index contributed by atoms with van der Waals surface area (Å²) in [6.07, 6.45) is 4.10. The van der Waals surface area contributed by atoms with Crippen LogP contribution in [0.4, 0.5) is 5.69 Å².